The van der Waals surface area contributed by atoms with Gasteiger partial charge in [0, 0.05) is 31.1 Å². The van der Waals surface area contributed by atoms with Crippen molar-refractivity contribution in [2.24, 2.45) is 0 Å². The fraction of sp³-hybridized carbons (Fsp3) is 0.190. The van der Waals surface area contributed by atoms with Gasteiger partial charge in [-0.25, -0.2) is 13.1 Å². The molecule has 2 N–H and O–H groups in total. The van der Waals surface area contributed by atoms with E-state index in [1.165, 1.54) is 24.3 Å². The average Bonchev–Trinajstić information content (AvgIpc) is 3.21. The fourth-order valence-corrected chi connectivity index (χ4v) is 4.98. The SMILES string of the molecule is CN(C)c1c(Cl)cccc1NC(=O)c1ccc(S(=O)(=O)NCCc2cccs2)cc1. The van der Waals surface area contributed by atoms with Gasteiger partial charge in [-0.05, 0) is 54.3 Å². The molecule has 0 saturated heterocycles. The molecule has 1 aromatic heterocycles. The third kappa shape index (κ3) is 5.40. The van der Waals surface area contributed by atoms with Crippen LogP contribution in [0, 0.1) is 0 Å². The Morgan fingerprint density at radius 1 is 1.07 bits per heavy atom. The molecule has 0 atom stereocenters. The summed E-state index contributed by atoms with van der Waals surface area (Å²) in [4.78, 5) is 15.7. The van der Waals surface area contributed by atoms with Crippen LogP contribution in [0.15, 0.2) is 64.9 Å². The van der Waals surface area contributed by atoms with Crippen molar-refractivity contribution in [2.75, 3.05) is 30.9 Å². The molecule has 3 aromatic rings. The summed E-state index contributed by atoms with van der Waals surface area (Å²) in [5.41, 5.74) is 1.61. The Kier molecular flexibility index (Phi) is 7.14. The summed E-state index contributed by atoms with van der Waals surface area (Å²) in [5.74, 6) is -0.352. The quantitative estimate of drug-likeness (QED) is 0.523. The normalized spacial score (nSPS) is 11.3. The molecule has 0 unspecified atom stereocenters. The van der Waals surface area contributed by atoms with Gasteiger partial charge < -0.3 is 10.2 Å². The summed E-state index contributed by atoms with van der Waals surface area (Å²) >= 11 is 7.82. The molecule has 0 spiro atoms. The first kappa shape index (κ1) is 22.3. The summed E-state index contributed by atoms with van der Waals surface area (Å²) in [7, 11) is 0.0310. The number of halogens is 1. The van der Waals surface area contributed by atoms with Crippen molar-refractivity contribution in [3.05, 3.63) is 75.4 Å². The molecule has 3 rings (SSSR count). The summed E-state index contributed by atoms with van der Waals surface area (Å²) in [6, 6.07) is 15.0. The van der Waals surface area contributed by atoms with Crippen molar-refractivity contribution in [3.8, 4) is 0 Å². The van der Waals surface area contributed by atoms with Crippen LogP contribution >= 0.6 is 22.9 Å². The van der Waals surface area contributed by atoms with Crippen LogP contribution < -0.4 is 14.9 Å². The molecule has 158 valence electrons. The number of benzene rings is 2. The van der Waals surface area contributed by atoms with Crippen LogP contribution in [0.1, 0.15) is 15.2 Å². The topological polar surface area (TPSA) is 78.5 Å². The van der Waals surface area contributed by atoms with Crippen molar-refractivity contribution < 1.29 is 13.2 Å². The third-order valence-electron chi connectivity index (χ3n) is 4.35. The van der Waals surface area contributed by atoms with E-state index in [1.807, 2.05) is 36.5 Å². The molecule has 0 bridgehead atoms. The van der Waals surface area contributed by atoms with Gasteiger partial charge in [0.05, 0.1) is 21.3 Å². The number of hydrogen-bond acceptors (Lipinski definition) is 5. The molecule has 1 amide bonds. The van der Waals surface area contributed by atoms with Crippen LogP contribution in [0.4, 0.5) is 11.4 Å². The number of nitrogens with one attached hydrogen (secondary N) is 2. The number of carbonyl (C=O) groups is 1. The maximum Gasteiger partial charge on any atom is 0.255 e. The van der Waals surface area contributed by atoms with Gasteiger partial charge in [-0.15, -0.1) is 11.3 Å². The van der Waals surface area contributed by atoms with E-state index in [4.69, 9.17) is 11.6 Å². The van der Waals surface area contributed by atoms with Crippen LogP contribution in [-0.4, -0.2) is 35.0 Å². The summed E-state index contributed by atoms with van der Waals surface area (Å²) in [6.07, 6.45) is 0.630. The lowest BCUT2D eigenvalue weighted by molar-refractivity contribution is 0.102. The highest BCUT2D eigenvalue weighted by Crippen LogP contribution is 2.32. The van der Waals surface area contributed by atoms with Crippen LogP contribution in [-0.2, 0) is 16.4 Å². The number of hydrogen-bond donors (Lipinski definition) is 2. The molecule has 1 heterocycles. The van der Waals surface area contributed by atoms with Gasteiger partial charge in [-0.2, -0.15) is 0 Å². The molecule has 0 radical (unpaired) electrons. The minimum absolute atomic E-state index is 0.113. The minimum Gasteiger partial charge on any atom is -0.375 e. The first-order valence-electron chi connectivity index (χ1n) is 9.17. The molecule has 2 aromatic carbocycles. The Labute approximate surface area is 185 Å². The van der Waals surface area contributed by atoms with Gasteiger partial charge in [0.1, 0.15) is 0 Å². The fourth-order valence-electron chi connectivity index (χ4n) is 2.90. The second-order valence-corrected chi connectivity index (χ2v) is 9.94. The van der Waals surface area contributed by atoms with E-state index in [0.717, 1.165) is 4.88 Å². The molecule has 0 fully saturated rings. The molecular formula is C21H22ClN3O3S2. The van der Waals surface area contributed by atoms with Crippen molar-refractivity contribution >= 4 is 50.2 Å². The average molecular weight is 464 g/mol. The third-order valence-corrected chi connectivity index (χ3v) is 7.07. The van der Waals surface area contributed by atoms with Gasteiger partial charge in [0.15, 0.2) is 0 Å². The summed E-state index contributed by atoms with van der Waals surface area (Å²) in [6.45, 7) is 0.313. The summed E-state index contributed by atoms with van der Waals surface area (Å²) in [5, 5.41) is 5.31. The minimum atomic E-state index is -3.64. The van der Waals surface area contributed by atoms with Crippen molar-refractivity contribution in [1.29, 1.82) is 0 Å². The molecule has 0 saturated carbocycles. The Balaban J connectivity index is 1.68. The second kappa shape index (κ2) is 9.61. The Morgan fingerprint density at radius 3 is 2.43 bits per heavy atom. The maximum absolute atomic E-state index is 12.6. The largest absolute Gasteiger partial charge is 0.375 e. The van der Waals surface area contributed by atoms with E-state index in [0.29, 0.717) is 34.9 Å². The van der Waals surface area contributed by atoms with E-state index >= 15 is 0 Å². The number of thiophene rings is 1. The Bertz CT molecular complexity index is 1110. The lowest BCUT2D eigenvalue weighted by Crippen LogP contribution is -2.26. The number of sulfonamides is 1. The number of amides is 1. The lowest BCUT2D eigenvalue weighted by Gasteiger charge is -2.19. The van der Waals surface area contributed by atoms with Crippen molar-refractivity contribution in [3.63, 3.8) is 0 Å². The predicted molar refractivity (Wildman–Crippen MR) is 123 cm³/mol. The predicted octanol–water partition coefficient (Wildman–Crippen LogP) is 4.24. The molecule has 0 aliphatic heterocycles. The number of para-hydroxylation sites is 1. The number of anilines is 2. The van der Waals surface area contributed by atoms with Crippen molar-refractivity contribution in [2.45, 2.75) is 11.3 Å². The van der Waals surface area contributed by atoms with Gasteiger partial charge in [0.2, 0.25) is 10.0 Å². The lowest BCUT2D eigenvalue weighted by atomic mass is 10.2. The highest BCUT2D eigenvalue weighted by molar-refractivity contribution is 7.89. The van der Waals surface area contributed by atoms with Crippen LogP contribution in [0.5, 0.6) is 0 Å². The van der Waals surface area contributed by atoms with Crippen LogP contribution in [0.2, 0.25) is 5.02 Å². The van der Waals surface area contributed by atoms with Gasteiger partial charge in [-0.3, -0.25) is 4.79 Å². The smallest absolute Gasteiger partial charge is 0.255 e. The summed E-state index contributed by atoms with van der Waals surface area (Å²) < 4.78 is 27.5. The van der Waals surface area contributed by atoms with Crippen LogP contribution in [0.25, 0.3) is 0 Å². The molecule has 9 heteroatoms. The number of carbonyl (C=O) groups excluding carboxylic acids is 1. The molecule has 6 nitrogen and oxygen atoms in total. The monoisotopic (exact) mass is 463 g/mol. The zero-order valence-electron chi connectivity index (χ0n) is 16.6. The van der Waals surface area contributed by atoms with Gasteiger partial charge in [0.25, 0.3) is 5.91 Å². The highest BCUT2D eigenvalue weighted by atomic mass is 35.5. The molecule has 0 aliphatic carbocycles. The molecule has 30 heavy (non-hydrogen) atoms. The van der Waals surface area contributed by atoms with E-state index in [1.54, 1.807) is 29.5 Å². The number of nitrogens with zero attached hydrogens (tertiary/aromatic N) is 1. The first-order valence-corrected chi connectivity index (χ1v) is 11.9. The second-order valence-electron chi connectivity index (χ2n) is 6.74. The molecule has 0 aliphatic rings. The first-order chi connectivity index (χ1) is 14.3. The van der Waals surface area contributed by atoms with Gasteiger partial charge >= 0.3 is 0 Å². The van der Waals surface area contributed by atoms with E-state index in [9.17, 15) is 13.2 Å². The van der Waals surface area contributed by atoms with Crippen molar-refractivity contribution in [1.82, 2.24) is 4.72 Å². The standard InChI is InChI=1S/C21H22ClN3O3S2/c1-25(2)20-18(22)6-3-7-19(20)24-21(26)15-8-10-17(11-9-15)30(27,28)23-13-12-16-5-4-14-29-16/h3-11,14,23H,12-13H2,1-2H3,(H,24,26). The zero-order valence-corrected chi connectivity index (χ0v) is 18.9. The van der Waals surface area contributed by atoms with Crippen LogP contribution in [0.3, 0.4) is 0 Å². The zero-order chi connectivity index (χ0) is 21.7. The number of rotatable bonds is 8. The highest BCUT2D eigenvalue weighted by Gasteiger charge is 2.16. The maximum atomic E-state index is 12.6. The van der Waals surface area contributed by atoms with E-state index in [2.05, 4.69) is 10.0 Å². The Morgan fingerprint density at radius 2 is 1.80 bits per heavy atom. The van der Waals surface area contributed by atoms with E-state index < -0.39 is 10.0 Å². The molecular weight excluding hydrogens is 442 g/mol. The van der Waals surface area contributed by atoms with Gasteiger partial charge in [-0.1, -0.05) is 23.7 Å². The van der Waals surface area contributed by atoms with E-state index in [-0.39, 0.29) is 10.8 Å². The Hall–Kier alpha value is -2.39.